The Balaban J connectivity index is 1.29. The topological polar surface area (TPSA) is 103 Å². The summed E-state index contributed by atoms with van der Waals surface area (Å²) in [6.07, 6.45) is 6.78. The molecule has 4 bridgehead atoms. The maximum absolute atomic E-state index is 13.9. The highest BCUT2D eigenvalue weighted by Crippen LogP contribution is 2.64. The summed E-state index contributed by atoms with van der Waals surface area (Å²) >= 11 is 1.63. The molecule has 7 rings (SSSR count). The van der Waals surface area contributed by atoms with Crippen molar-refractivity contribution < 1.29 is 9.72 Å². The Morgan fingerprint density at radius 1 is 1.06 bits per heavy atom. The molecular weight excluding hydrogens is 450 g/mol. The van der Waals surface area contributed by atoms with Gasteiger partial charge in [0.25, 0.3) is 0 Å². The van der Waals surface area contributed by atoms with Crippen molar-refractivity contribution in [3.63, 3.8) is 0 Å². The van der Waals surface area contributed by atoms with Crippen molar-refractivity contribution in [3.05, 3.63) is 71.0 Å². The fourth-order valence-electron chi connectivity index (χ4n) is 6.84. The van der Waals surface area contributed by atoms with E-state index in [1.807, 2.05) is 42.5 Å². The molecule has 1 N–H and O–H groups in total. The first-order valence-corrected chi connectivity index (χ1v) is 12.5. The van der Waals surface area contributed by atoms with Crippen molar-refractivity contribution in [1.29, 1.82) is 0 Å². The summed E-state index contributed by atoms with van der Waals surface area (Å²) in [5, 5.41) is 18.7. The van der Waals surface area contributed by atoms with Gasteiger partial charge in [-0.25, -0.2) is 0 Å². The minimum Gasteiger partial charge on any atom is -0.390 e. The molecule has 9 heteroatoms. The van der Waals surface area contributed by atoms with Gasteiger partial charge < -0.3 is 15.4 Å². The van der Waals surface area contributed by atoms with Gasteiger partial charge in [-0.1, -0.05) is 47.1 Å². The first kappa shape index (κ1) is 21.3. The summed E-state index contributed by atoms with van der Waals surface area (Å²) in [5.41, 5.74) is -0.0430. The van der Waals surface area contributed by atoms with Gasteiger partial charge in [0.1, 0.15) is 0 Å². The third-order valence-electron chi connectivity index (χ3n) is 7.75. The normalized spacial score (nSPS) is 29.2. The van der Waals surface area contributed by atoms with E-state index in [1.54, 1.807) is 16.4 Å². The van der Waals surface area contributed by atoms with Crippen molar-refractivity contribution in [2.75, 3.05) is 5.32 Å². The zero-order valence-electron chi connectivity index (χ0n) is 18.6. The Labute approximate surface area is 201 Å². The Morgan fingerprint density at radius 3 is 2.47 bits per heavy atom. The van der Waals surface area contributed by atoms with Gasteiger partial charge in [-0.15, -0.1) is 0 Å². The van der Waals surface area contributed by atoms with Gasteiger partial charge >= 0.3 is 5.95 Å². The highest BCUT2D eigenvalue weighted by molar-refractivity contribution is 7.99. The molecule has 4 atom stereocenters. The average Bonchev–Trinajstić information content (AvgIpc) is 3.32. The number of para-hydroxylation sites is 1. The summed E-state index contributed by atoms with van der Waals surface area (Å²) in [4.78, 5) is 30.5. The van der Waals surface area contributed by atoms with Gasteiger partial charge in [-0.05, 0) is 79.5 Å². The van der Waals surface area contributed by atoms with E-state index in [2.05, 4.69) is 27.5 Å². The molecule has 0 aliphatic heterocycles. The number of carbonyl (C=O) groups excluding carboxylic acids is 1. The second kappa shape index (κ2) is 7.94. The molecule has 2 unspecified atom stereocenters. The molecule has 0 radical (unpaired) electrons. The van der Waals surface area contributed by atoms with E-state index in [-0.39, 0.29) is 17.4 Å². The minimum absolute atomic E-state index is 0.0571. The van der Waals surface area contributed by atoms with Crippen LogP contribution in [-0.2, 0) is 10.3 Å². The van der Waals surface area contributed by atoms with Crippen LogP contribution >= 0.6 is 11.8 Å². The molecular formula is C25H25N5O3S. The highest BCUT2D eigenvalue weighted by Gasteiger charge is 2.62. The molecule has 0 saturated heterocycles. The van der Waals surface area contributed by atoms with Crippen LogP contribution in [0.1, 0.15) is 38.5 Å². The number of aromatic nitrogens is 3. The third kappa shape index (κ3) is 3.58. The largest absolute Gasteiger partial charge is 0.490 e. The molecule has 8 nitrogen and oxygen atoms in total. The maximum atomic E-state index is 13.9. The summed E-state index contributed by atoms with van der Waals surface area (Å²) in [6.45, 7) is 0. The van der Waals surface area contributed by atoms with Crippen molar-refractivity contribution in [1.82, 2.24) is 14.8 Å². The summed E-state index contributed by atoms with van der Waals surface area (Å²) < 4.78 is 1.70. The second-order valence-corrected chi connectivity index (χ2v) is 11.2. The average molecular weight is 476 g/mol. The highest BCUT2D eigenvalue weighted by atomic mass is 32.2. The molecule has 1 aromatic heterocycles. The van der Waals surface area contributed by atoms with E-state index >= 15 is 0 Å². The SMILES string of the molecule is O=C(Nc1ccccc1Sc1ccccc1)C12C[C@H]3C[C@@H](C1)CC(n1cnc([N+](=O)[O-])n1)(C3)C2. The number of amides is 1. The molecule has 1 amide bonds. The van der Waals surface area contributed by atoms with Crippen molar-refractivity contribution in [2.45, 2.75) is 53.9 Å². The Kier molecular flexibility index (Phi) is 4.98. The van der Waals surface area contributed by atoms with Crippen molar-refractivity contribution in [2.24, 2.45) is 17.3 Å². The monoisotopic (exact) mass is 475 g/mol. The number of rotatable bonds is 6. The summed E-state index contributed by atoms with van der Waals surface area (Å²) in [6, 6.07) is 18.0. The van der Waals surface area contributed by atoms with E-state index in [0.29, 0.717) is 18.3 Å². The van der Waals surface area contributed by atoms with E-state index < -0.39 is 10.3 Å². The number of carbonyl (C=O) groups is 1. The zero-order chi connectivity index (χ0) is 23.3. The van der Waals surface area contributed by atoms with Crippen LogP contribution in [0.15, 0.2) is 70.7 Å². The lowest BCUT2D eigenvalue weighted by molar-refractivity contribution is -0.394. The van der Waals surface area contributed by atoms with Crippen LogP contribution in [0.2, 0.25) is 0 Å². The molecule has 4 fully saturated rings. The standard InChI is InChI=1S/C25H25N5O3S/c31-22(27-20-8-4-5-9-21(20)34-19-6-2-1-3-7-19)24-11-17-10-18(12-24)14-25(13-17,15-24)29-16-26-23(28-29)30(32)33/h1-9,16-18H,10-15H2,(H,27,31)/t17-,18+,24?,25?. The lowest BCUT2D eigenvalue weighted by Gasteiger charge is -2.60. The fraction of sp³-hybridized carbons (Fsp3) is 0.400. The van der Waals surface area contributed by atoms with Crippen LogP contribution in [0.4, 0.5) is 11.6 Å². The van der Waals surface area contributed by atoms with Crippen LogP contribution in [-0.4, -0.2) is 25.6 Å². The van der Waals surface area contributed by atoms with Gasteiger partial charge in [-0.3, -0.25) is 4.79 Å². The molecule has 0 spiro atoms. The predicted octanol–water partition coefficient (Wildman–Crippen LogP) is 5.27. The summed E-state index contributed by atoms with van der Waals surface area (Å²) in [5.74, 6) is 0.524. The number of hydrogen-bond acceptors (Lipinski definition) is 6. The predicted molar refractivity (Wildman–Crippen MR) is 127 cm³/mol. The van der Waals surface area contributed by atoms with Crippen molar-refractivity contribution in [3.8, 4) is 0 Å². The fourth-order valence-corrected chi connectivity index (χ4v) is 7.77. The van der Waals surface area contributed by atoms with Crippen molar-refractivity contribution >= 4 is 29.3 Å². The first-order valence-electron chi connectivity index (χ1n) is 11.6. The zero-order valence-corrected chi connectivity index (χ0v) is 19.4. The van der Waals surface area contributed by atoms with Gasteiger partial charge in [0.2, 0.25) is 12.2 Å². The minimum atomic E-state index is -0.555. The third-order valence-corrected chi connectivity index (χ3v) is 8.83. The number of benzene rings is 2. The van der Waals surface area contributed by atoms with Crippen LogP contribution < -0.4 is 5.32 Å². The first-order chi connectivity index (χ1) is 16.4. The number of anilines is 1. The lowest BCUT2D eigenvalue weighted by atomic mass is 9.46. The van der Waals surface area contributed by atoms with Crippen LogP contribution in [0.5, 0.6) is 0 Å². The second-order valence-electron chi connectivity index (χ2n) is 10.1. The molecule has 4 aliphatic rings. The van der Waals surface area contributed by atoms with Crippen LogP contribution in [0.25, 0.3) is 0 Å². The molecule has 174 valence electrons. The van der Waals surface area contributed by atoms with Gasteiger partial charge in [0.15, 0.2) is 0 Å². The van der Waals surface area contributed by atoms with E-state index in [9.17, 15) is 14.9 Å². The maximum Gasteiger partial charge on any atom is 0.490 e. The number of nitrogens with zero attached hydrogens (tertiary/aromatic N) is 4. The molecule has 3 aromatic rings. The number of hydrogen-bond donors (Lipinski definition) is 1. The molecule has 4 aliphatic carbocycles. The molecule has 34 heavy (non-hydrogen) atoms. The Bertz CT molecular complexity index is 1250. The Morgan fingerprint density at radius 2 is 1.76 bits per heavy atom. The quantitative estimate of drug-likeness (QED) is 0.385. The number of nitro groups is 1. The van der Waals surface area contributed by atoms with Gasteiger partial charge in [0, 0.05) is 14.9 Å². The smallest absolute Gasteiger partial charge is 0.390 e. The molecule has 1 heterocycles. The van der Waals surface area contributed by atoms with Crippen LogP contribution in [0.3, 0.4) is 0 Å². The van der Waals surface area contributed by atoms with Gasteiger partial charge in [0.05, 0.1) is 16.6 Å². The van der Waals surface area contributed by atoms with Gasteiger partial charge in [-0.2, -0.15) is 4.68 Å². The van der Waals surface area contributed by atoms with E-state index in [1.165, 1.54) is 6.33 Å². The Hall–Kier alpha value is -3.20. The van der Waals surface area contributed by atoms with E-state index in [0.717, 1.165) is 47.6 Å². The number of nitrogens with one attached hydrogen (secondary N) is 1. The van der Waals surface area contributed by atoms with Crippen LogP contribution in [0, 0.1) is 27.4 Å². The summed E-state index contributed by atoms with van der Waals surface area (Å²) in [7, 11) is 0. The molecule has 2 aromatic carbocycles. The lowest BCUT2D eigenvalue weighted by Crippen LogP contribution is -2.60. The van der Waals surface area contributed by atoms with E-state index in [4.69, 9.17) is 0 Å². The molecule has 4 saturated carbocycles.